The maximum atomic E-state index is 5.44. The molecule has 0 fully saturated rings. The second-order valence-corrected chi connectivity index (χ2v) is 3.58. The van der Waals surface area contributed by atoms with Gasteiger partial charge in [0.15, 0.2) is 5.13 Å². The number of nitrogens with one attached hydrogen (secondary N) is 1. The molecule has 0 aliphatic heterocycles. The number of thiazole rings is 1. The van der Waals surface area contributed by atoms with Crippen molar-refractivity contribution in [3.63, 3.8) is 0 Å². The Hall–Kier alpha value is -1.69. The van der Waals surface area contributed by atoms with Gasteiger partial charge in [0.05, 0.1) is 5.69 Å². The van der Waals surface area contributed by atoms with E-state index in [4.69, 9.17) is 5.73 Å². The number of anilines is 3. The van der Waals surface area contributed by atoms with E-state index < -0.39 is 0 Å². The third-order valence-electron chi connectivity index (χ3n) is 1.53. The molecule has 0 unspecified atom stereocenters. The molecule has 2 aromatic rings. The first-order valence-electron chi connectivity index (χ1n) is 4.02. The van der Waals surface area contributed by atoms with Crippen molar-refractivity contribution in [1.29, 1.82) is 0 Å². The average Bonchev–Trinajstić information content (AvgIpc) is 2.51. The van der Waals surface area contributed by atoms with E-state index in [1.165, 1.54) is 11.3 Å². The second kappa shape index (κ2) is 3.59. The number of aryl methyl sites for hydroxylation is 1. The molecule has 0 atom stereocenters. The third-order valence-corrected chi connectivity index (χ3v) is 2.40. The number of rotatable bonds is 2. The Morgan fingerprint density at radius 2 is 2.29 bits per heavy atom. The van der Waals surface area contributed by atoms with Crippen LogP contribution in [0.3, 0.4) is 0 Å². The highest BCUT2D eigenvalue weighted by Crippen LogP contribution is 2.18. The molecule has 0 amide bonds. The molecule has 0 aliphatic carbocycles. The summed E-state index contributed by atoms with van der Waals surface area (Å²) >= 11 is 1.53. The molecule has 3 N–H and O–H groups in total. The molecular weight excluding hydrogens is 198 g/mol. The molecule has 72 valence electrons. The fourth-order valence-electron chi connectivity index (χ4n) is 0.964. The summed E-state index contributed by atoms with van der Waals surface area (Å²) in [5.74, 6) is 0.912. The fourth-order valence-corrected chi connectivity index (χ4v) is 1.66. The summed E-state index contributed by atoms with van der Waals surface area (Å²) in [4.78, 5) is 12.0. The van der Waals surface area contributed by atoms with Crippen LogP contribution in [0, 0.1) is 6.92 Å². The first-order valence-corrected chi connectivity index (χ1v) is 4.90. The number of hydrogen-bond acceptors (Lipinski definition) is 6. The molecule has 14 heavy (non-hydrogen) atoms. The number of nitrogens with zero attached hydrogens (tertiary/aromatic N) is 3. The Balaban J connectivity index is 2.18. The van der Waals surface area contributed by atoms with Crippen molar-refractivity contribution >= 4 is 28.2 Å². The van der Waals surface area contributed by atoms with Crippen LogP contribution in [0.15, 0.2) is 17.6 Å². The molecule has 0 spiro atoms. The van der Waals surface area contributed by atoms with Crippen LogP contribution < -0.4 is 11.1 Å². The van der Waals surface area contributed by atoms with Crippen molar-refractivity contribution in [2.45, 2.75) is 6.92 Å². The van der Waals surface area contributed by atoms with E-state index in [0.717, 1.165) is 10.8 Å². The van der Waals surface area contributed by atoms with Crippen LogP contribution in [0.25, 0.3) is 0 Å². The van der Waals surface area contributed by atoms with Crippen molar-refractivity contribution in [2.24, 2.45) is 0 Å². The summed E-state index contributed by atoms with van der Waals surface area (Å²) in [6.45, 7) is 1.94. The molecule has 5 nitrogen and oxygen atoms in total. The molecule has 0 saturated heterocycles. The number of aromatic nitrogens is 3. The van der Waals surface area contributed by atoms with Crippen LogP contribution in [0.4, 0.5) is 16.9 Å². The molecule has 0 bridgehead atoms. The highest BCUT2D eigenvalue weighted by molar-refractivity contribution is 7.13. The maximum absolute atomic E-state index is 5.44. The van der Waals surface area contributed by atoms with E-state index in [-0.39, 0.29) is 5.95 Å². The zero-order valence-corrected chi connectivity index (χ0v) is 8.38. The van der Waals surface area contributed by atoms with E-state index in [2.05, 4.69) is 20.3 Å². The van der Waals surface area contributed by atoms with E-state index in [1.54, 1.807) is 12.3 Å². The van der Waals surface area contributed by atoms with Gasteiger partial charge in [0.2, 0.25) is 5.95 Å². The topological polar surface area (TPSA) is 76.7 Å². The van der Waals surface area contributed by atoms with Crippen LogP contribution in [0.1, 0.15) is 5.69 Å². The van der Waals surface area contributed by atoms with Crippen LogP contribution >= 0.6 is 11.3 Å². The fraction of sp³-hybridized carbons (Fsp3) is 0.125. The van der Waals surface area contributed by atoms with Crippen LogP contribution in [-0.2, 0) is 0 Å². The minimum Gasteiger partial charge on any atom is -0.368 e. The molecule has 2 heterocycles. The summed E-state index contributed by atoms with van der Waals surface area (Å²) in [7, 11) is 0. The molecule has 2 aromatic heterocycles. The predicted octanol–water partition coefficient (Wildman–Crippen LogP) is 1.57. The Morgan fingerprint density at radius 1 is 1.43 bits per heavy atom. The lowest BCUT2D eigenvalue weighted by molar-refractivity contribution is 1.17. The minimum atomic E-state index is 0.253. The zero-order valence-electron chi connectivity index (χ0n) is 7.56. The van der Waals surface area contributed by atoms with Gasteiger partial charge in [-0.25, -0.2) is 9.97 Å². The smallest absolute Gasteiger partial charge is 0.221 e. The molecule has 0 saturated carbocycles. The Kier molecular flexibility index (Phi) is 2.28. The van der Waals surface area contributed by atoms with Gasteiger partial charge in [-0.15, -0.1) is 11.3 Å². The normalized spacial score (nSPS) is 10.1. The number of nitrogens with two attached hydrogens (primary N) is 1. The van der Waals surface area contributed by atoms with Gasteiger partial charge >= 0.3 is 0 Å². The van der Waals surface area contributed by atoms with Gasteiger partial charge in [-0.05, 0) is 13.0 Å². The van der Waals surface area contributed by atoms with Gasteiger partial charge in [0, 0.05) is 11.6 Å². The Morgan fingerprint density at radius 3 is 2.93 bits per heavy atom. The Bertz CT molecular complexity index is 439. The number of nitrogen functional groups attached to an aromatic ring is 1. The maximum Gasteiger partial charge on any atom is 0.221 e. The minimum absolute atomic E-state index is 0.253. The molecule has 0 aromatic carbocycles. The quantitative estimate of drug-likeness (QED) is 0.781. The first-order chi connectivity index (χ1) is 6.74. The van der Waals surface area contributed by atoms with Gasteiger partial charge < -0.3 is 11.1 Å². The van der Waals surface area contributed by atoms with Gasteiger partial charge in [0.25, 0.3) is 0 Å². The summed E-state index contributed by atoms with van der Waals surface area (Å²) in [5, 5.41) is 5.81. The summed E-state index contributed by atoms with van der Waals surface area (Å²) in [6, 6.07) is 1.74. The van der Waals surface area contributed by atoms with Crippen LogP contribution in [0.5, 0.6) is 0 Å². The summed E-state index contributed by atoms with van der Waals surface area (Å²) in [5.41, 5.74) is 6.42. The van der Waals surface area contributed by atoms with E-state index in [9.17, 15) is 0 Å². The predicted molar refractivity (Wildman–Crippen MR) is 56.6 cm³/mol. The number of hydrogen-bond donors (Lipinski definition) is 2. The van der Waals surface area contributed by atoms with Crippen molar-refractivity contribution in [2.75, 3.05) is 11.1 Å². The summed E-state index contributed by atoms with van der Waals surface area (Å²) < 4.78 is 0. The largest absolute Gasteiger partial charge is 0.368 e. The van der Waals surface area contributed by atoms with E-state index in [0.29, 0.717) is 5.82 Å². The van der Waals surface area contributed by atoms with Crippen molar-refractivity contribution in [3.05, 3.63) is 23.3 Å². The lowest BCUT2D eigenvalue weighted by atomic mass is 10.6. The lowest BCUT2D eigenvalue weighted by Gasteiger charge is -2.00. The van der Waals surface area contributed by atoms with Gasteiger partial charge in [-0.3, -0.25) is 0 Å². The second-order valence-electron chi connectivity index (χ2n) is 2.72. The Labute approximate surface area is 85.0 Å². The molecule has 6 heteroatoms. The van der Waals surface area contributed by atoms with Gasteiger partial charge in [-0.1, -0.05) is 0 Å². The molecule has 0 aliphatic rings. The zero-order chi connectivity index (χ0) is 9.97. The monoisotopic (exact) mass is 207 g/mol. The van der Waals surface area contributed by atoms with Crippen molar-refractivity contribution < 1.29 is 0 Å². The molecule has 0 radical (unpaired) electrons. The third kappa shape index (κ3) is 1.97. The first kappa shape index (κ1) is 8.89. The standard InChI is InChI=1S/C8H9N5S/c1-5-4-14-8(11-5)13-6-2-3-10-7(9)12-6/h2-4H,1H3,(H3,9,10,11,12,13). The highest BCUT2D eigenvalue weighted by atomic mass is 32.1. The lowest BCUT2D eigenvalue weighted by Crippen LogP contribution is -1.98. The van der Waals surface area contributed by atoms with Gasteiger partial charge in [-0.2, -0.15) is 4.98 Å². The van der Waals surface area contributed by atoms with E-state index >= 15 is 0 Å². The van der Waals surface area contributed by atoms with Crippen LogP contribution in [-0.4, -0.2) is 15.0 Å². The van der Waals surface area contributed by atoms with Gasteiger partial charge in [0.1, 0.15) is 5.82 Å². The molecule has 2 rings (SSSR count). The molecular formula is C8H9N5S. The van der Waals surface area contributed by atoms with Crippen molar-refractivity contribution in [1.82, 2.24) is 15.0 Å². The van der Waals surface area contributed by atoms with Crippen molar-refractivity contribution in [3.8, 4) is 0 Å². The van der Waals surface area contributed by atoms with E-state index in [1.807, 2.05) is 12.3 Å². The highest BCUT2D eigenvalue weighted by Gasteiger charge is 2.00. The summed E-state index contributed by atoms with van der Waals surface area (Å²) in [6.07, 6.45) is 1.60. The SMILES string of the molecule is Cc1csc(Nc2ccnc(N)n2)n1. The average molecular weight is 207 g/mol. The van der Waals surface area contributed by atoms with Crippen LogP contribution in [0.2, 0.25) is 0 Å².